The third-order valence-corrected chi connectivity index (χ3v) is 24.0. The second kappa shape index (κ2) is 29.4. The van der Waals surface area contributed by atoms with Crippen LogP contribution in [-0.4, -0.2) is 4.98 Å². The van der Waals surface area contributed by atoms with Crippen LogP contribution in [0.2, 0.25) is 0 Å². The van der Waals surface area contributed by atoms with Gasteiger partial charge < -0.3 is 17.7 Å². The summed E-state index contributed by atoms with van der Waals surface area (Å²) in [6, 6.07) is 81.8. The van der Waals surface area contributed by atoms with Gasteiger partial charge in [0, 0.05) is 103 Å². The predicted octanol–water partition coefficient (Wildman–Crippen LogP) is 26.8. The van der Waals surface area contributed by atoms with Gasteiger partial charge in [-0.05, 0) is 227 Å². The minimum atomic E-state index is -2.12. The molecule has 0 N–H and O–H groups in total. The molecule has 9 nitrogen and oxygen atoms in total. The number of benzene rings is 11. The molecule has 0 saturated heterocycles. The maximum absolute atomic E-state index is 9.18. The largest absolute Gasteiger partial charge is 0.450 e. The van der Waals surface area contributed by atoms with Crippen LogP contribution in [0.5, 0.6) is 0 Å². The third-order valence-electron chi connectivity index (χ3n) is 24.0. The third kappa shape index (κ3) is 14.0. The molecule has 20 aromatic rings. The van der Waals surface area contributed by atoms with Gasteiger partial charge in [-0.25, -0.2) is 4.98 Å². The molecule has 0 bridgehead atoms. The lowest BCUT2D eigenvalue weighted by Crippen LogP contribution is -2.30. The molecule has 0 atom stereocenters. The number of aromatic nitrogens is 5. The summed E-state index contributed by atoms with van der Waals surface area (Å²) in [6.45, 7) is 18.5. The van der Waals surface area contributed by atoms with Crippen LogP contribution in [0.3, 0.4) is 0 Å². The molecule has 1 saturated carbocycles. The zero-order valence-corrected chi connectivity index (χ0v) is 68.0. The zero-order chi connectivity index (χ0) is 84.7. The quantitative estimate of drug-likeness (QED) is 0.149. The van der Waals surface area contributed by atoms with Crippen molar-refractivity contribution in [2.75, 3.05) is 0 Å². The number of para-hydroxylation sites is 1. The van der Waals surface area contributed by atoms with Crippen LogP contribution in [-0.2, 0) is 28.2 Å². The Balaban J connectivity index is 0.000000111. The van der Waals surface area contributed by atoms with E-state index in [2.05, 4.69) is 281 Å². The smallest absolute Gasteiger partial charge is 0.228 e. The minimum absolute atomic E-state index is 0.350. The Labute approximate surface area is 680 Å². The van der Waals surface area contributed by atoms with E-state index in [4.69, 9.17) is 24.5 Å². The summed E-state index contributed by atoms with van der Waals surface area (Å²) in [5, 5.41) is 16.7. The number of furan rings is 4. The molecule has 1 aliphatic rings. The molecule has 0 amide bonds. The van der Waals surface area contributed by atoms with Crippen molar-refractivity contribution in [1.82, 2.24) is 4.98 Å². The summed E-state index contributed by atoms with van der Waals surface area (Å²) in [5.41, 5.74) is 25.4. The first-order valence-electron chi connectivity index (χ1n) is 43.0. The number of aryl methyl sites for hydroxylation is 9. The van der Waals surface area contributed by atoms with Crippen LogP contribution < -0.4 is 18.3 Å². The van der Waals surface area contributed by atoms with Crippen LogP contribution in [0.15, 0.2) is 279 Å². The lowest BCUT2D eigenvalue weighted by atomic mass is 9.71. The average molecular weight is 1510 g/mol. The van der Waals surface area contributed by atoms with Crippen molar-refractivity contribution >= 4 is 131 Å². The van der Waals surface area contributed by atoms with Crippen molar-refractivity contribution in [1.29, 1.82) is 0 Å². The Kier molecular flexibility index (Phi) is 17.1. The summed E-state index contributed by atoms with van der Waals surface area (Å²) < 4.78 is 82.1. The fourth-order valence-electron chi connectivity index (χ4n) is 17.2. The number of nitrogens with zero attached hydrogens (tertiary/aromatic N) is 5. The highest BCUT2D eigenvalue weighted by Crippen LogP contribution is 2.45. The molecule has 0 spiro atoms. The van der Waals surface area contributed by atoms with Gasteiger partial charge in [0.1, 0.15) is 44.9 Å². The Hall–Kier alpha value is -12.6. The molecule has 115 heavy (non-hydrogen) atoms. The van der Waals surface area contributed by atoms with Crippen molar-refractivity contribution in [3.05, 3.63) is 306 Å². The first-order valence-corrected chi connectivity index (χ1v) is 40.0. The van der Waals surface area contributed by atoms with Gasteiger partial charge >= 0.3 is 0 Å². The SMILES string of the molecule is Cc1ccccc1-c1cc2c(c[n+]1C)oc1nc3ccccc3cc12.[2H]C(C)(C)c1ccc2cc3c(cc2c1)oc1c[n+](C)c(-c2ccccc2C)cc13.[2H]C([2H])([2H])c1ccc(-c2cc3c(c[n+]2C)oc2cc4cc(C([2H])(C)C)ccc4cc23)c(C)c1.[2H]C1(c2ccc3cc4c(cc3c2)oc2c[n+](C)c(-c3ccccc3C)cc24)CCC(C)(C)CC1. The molecule has 0 aliphatic heterocycles. The average Bonchev–Trinajstić information content (AvgIpc) is 1.63. The maximum Gasteiger partial charge on any atom is 0.228 e. The van der Waals surface area contributed by atoms with E-state index in [0.717, 1.165) is 174 Å². The molecule has 0 unspecified atom stereocenters. The van der Waals surface area contributed by atoms with Gasteiger partial charge in [-0.1, -0.05) is 187 Å². The maximum atomic E-state index is 9.18. The van der Waals surface area contributed by atoms with Gasteiger partial charge in [0.15, 0.2) is 16.7 Å². The standard InChI is InChI=1S/C31H32NO.C27H26NO.C26H24NO.C22H17N2O/c1-20-7-5-6-8-25(20)28-18-27-26-16-23-10-9-22(21-11-13-31(2,3)14-12-21)15-24(23)17-29(26)33-30(27)19-32(28)4;1-16(2)19-7-8-20-12-23-24-14-25(22-9-6-17(3)10-18(22)4)28(5)15-27(24)29-26(23)13-21(20)11-19;1-16(2)18-9-10-19-12-22-23-14-24(21-8-6-5-7-17(21)3)27(4)15-26(23)28-25(22)13-20(19)11-18;1-14-7-3-5-9-16(14)20-12-17-18-11-15-8-4-6-10-19(15)23-22(18)25-21(17)13-24(20)2/h5-10,15-19,21H,11-14H2,1-4H3;6-16H,1-5H3;5-16H,1-4H3;3-13H,1-2H3/q4*+1/i21D;3D3,16D;16D;. The van der Waals surface area contributed by atoms with Crippen LogP contribution in [0.25, 0.3) is 176 Å². The topological polar surface area (TPSA) is 81.0 Å². The van der Waals surface area contributed by atoms with Crippen molar-refractivity contribution in [2.45, 2.75) is 119 Å². The number of rotatable bonds is 7. The number of hydrogen-bond donors (Lipinski definition) is 0. The molecule has 9 aromatic heterocycles. The summed E-state index contributed by atoms with van der Waals surface area (Å²) in [7, 11) is 8.17. The van der Waals surface area contributed by atoms with E-state index in [1.807, 2.05) is 89.0 Å². The van der Waals surface area contributed by atoms with Gasteiger partial charge in [-0.2, -0.15) is 18.3 Å². The molecular weight excluding hydrogens is 1410 g/mol. The fourth-order valence-corrected chi connectivity index (χ4v) is 17.2. The van der Waals surface area contributed by atoms with Gasteiger partial charge in [-0.15, -0.1) is 0 Å². The van der Waals surface area contributed by atoms with Gasteiger partial charge in [-0.3, -0.25) is 0 Å². The van der Waals surface area contributed by atoms with E-state index in [1.54, 1.807) is 12.1 Å². The van der Waals surface area contributed by atoms with Crippen LogP contribution in [0, 0.1) is 40.0 Å². The van der Waals surface area contributed by atoms with E-state index in [9.17, 15) is 1.37 Å². The number of hydrogen-bond acceptors (Lipinski definition) is 5. The zero-order valence-electron chi connectivity index (χ0n) is 74.0. The highest BCUT2D eigenvalue weighted by molar-refractivity contribution is 6.14. The van der Waals surface area contributed by atoms with Gasteiger partial charge in [0.25, 0.3) is 0 Å². The minimum Gasteiger partial charge on any atom is -0.450 e. The summed E-state index contributed by atoms with van der Waals surface area (Å²) in [6.07, 6.45) is 12.3. The summed E-state index contributed by atoms with van der Waals surface area (Å²) in [5.74, 6) is -1.76. The van der Waals surface area contributed by atoms with E-state index < -0.39 is 24.5 Å². The van der Waals surface area contributed by atoms with Crippen LogP contribution in [0.1, 0.15) is 138 Å². The molecule has 9 heteroatoms. The van der Waals surface area contributed by atoms with E-state index in [1.165, 1.54) is 61.2 Å². The van der Waals surface area contributed by atoms with Gasteiger partial charge in [0.2, 0.25) is 58.9 Å². The Morgan fingerprint density at radius 1 is 0.365 bits per heavy atom. The highest BCUT2D eigenvalue weighted by Gasteiger charge is 2.29. The number of fused-ring (bicyclic) bond motifs is 16. The Morgan fingerprint density at radius 3 is 1.17 bits per heavy atom. The van der Waals surface area contributed by atoms with Crippen LogP contribution >= 0.6 is 0 Å². The second-order valence-electron chi connectivity index (χ2n) is 33.1. The fraction of sp³-hybridized carbons (Fsp3) is 0.217. The van der Waals surface area contributed by atoms with E-state index >= 15 is 0 Å². The van der Waals surface area contributed by atoms with E-state index in [0.29, 0.717) is 16.7 Å². The molecule has 1 fully saturated rings. The molecule has 1 aliphatic carbocycles. The van der Waals surface area contributed by atoms with Gasteiger partial charge in [0.05, 0.1) is 5.52 Å². The second-order valence-corrected chi connectivity index (χ2v) is 33.1. The monoisotopic (exact) mass is 1510 g/mol. The normalized spacial score (nSPS) is 14.6. The Bertz CT molecular complexity index is 7590. The number of pyridine rings is 5. The van der Waals surface area contributed by atoms with Crippen LogP contribution in [0.4, 0.5) is 0 Å². The summed E-state index contributed by atoms with van der Waals surface area (Å²) in [4.78, 5) is 4.69. The van der Waals surface area contributed by atoms with Crippen molar-refractivity contribution in [3.8, 4) is 45.0 Å². The molecule has 9 heterocycles. The molecule has 11 aromatic carbocycles. The lowest BCUT2D eigenvalue weighted by Gasteiger charge is -2.34. The molecule has 21 rings (SSSR count). The molecular formula is C106H99N5O4+4. The predicted molar refractivity (Wildman–Crippen MR) is 476 cm³/mol. The molecule has 0 radical (unpaired) electrons. The molecule has 568 valence electrons. The van der Waals surface area contributed by atoms with E-state index in [-0.39, 0.29) is 0 Å². The van der Waals surface area contributed by atoms with Crippen molar-refractivity contribution in [2.24, 2.45) is 33.6 Å². The summed E-state index contributed by atoms with van der Waals surface area (Å²) >= 11 is 0. The Morgan fingerprint density at radius 2 is 0.739 bits per heavy atom. The van der Waals surface area contributed by atoms with Crippen molar-refractivity contribution in [3.63, 3.8) is 0 Å². The first kappa shape index (κ1) is 67.0. The first-order chi connectivity index (χ1) is 57.6. The lowest BCUT2D eigenvalue weighted by molar-refractivity contribution is -0.659. The van der Waals surface area contributed by atoms with Crippen molar-refractivity contribution < 1.29 is 44.2 Å². The highest BCUT2D eigenvalue weighted by atomic mass is 16.3.